The van der Waals surface area contributed by atoms with E-state index >= 15 is 0 Å². The number of fused-ring (bicyclic) bond motifs is 2. The van der Waals surface area contributed by atoms with Gasteiger partial charge >= 0.3 is 0 Å². The van der Waals surface area contributed by atoms with Crippen LogP contribution in [0.25, 0.3) is 55.4 Å². The molecular formula is C24H19FN8S. The Kier molecular flexibility index (Phi) is 4.80. The summed E-state index contributed by atoms with van der Waals surface area (Å²) in [6, 6.07) is 11.2. The molecule has 0 aliphatic rings. The summed E-state index contributed by atoms with van der Waals surface area (Å²) in [6.07, 6.45) is 5.27. The first-order valence-corrected chi connectivity index (χ1v) is 11.5. The Bertz CT molecular complexity index is 1650. The Morgan fingerprint density at radius 3 is 2.68 bits per heavy atom. The monoisotopic (exact) mass is 470 g/mol. The van der Waals surface area contributed by atoms with Gasteiger partial charge in [-0.1, -0.05) is 0 Å². The maximum absolute atomic E-state index is 13.6. The lowest BCUT2D eigenvalue weighted by Gasteiger charge is -2.10. The number of nitrogens with one attached hydrogen (secondary N) is 3. The predicted octanol–water partition coefficient (Wildman–Crippen LogP) is 5.65. The zero-order valence-corrected chi connectivity index (χ0v) is 19.1. The van der Waals surface area contributed by atoms with Crippen molar-refractivity contribution in [3.8, 4) is 33.3 Å². The number of nitrogens with zero attached hydrogens (tertiary/aromatic N) is 5. The van der Waals surface area contributed by atoms with E-state index in [0.29, 0.717) is 34.3 Å². The number of hydrogen-bond acceptors (Lipinski definition) is 7. The second-order valence-corrected chi connectivity index (χ2v) is 9.21. The molecule has 0 saturated carbocycles. The summed E-state index contributed by atoms with van der Waals surface area (Å²) in [4.78, 5) is 22.5. The molecule has 168 valence electrons. The number of hydrogen-bond donors (Lipinski definition) is 3. The standard InChI is InChI=1S/C24H19FN8S/c1-12(2)28-14-9-13(10-26-11-14)15-3-4-17-21(29-15)23(33-32-17)24-30-16-7-8-27-22(20(16)31-24)18-5-6-19(25)34-18/h3-12,28H,1-2H3,(H,30,31)(H,32,33). The number of thiophene rings is 1. The van der Waals surface area contributed by atoms with Crippen molar-refractivity contribution in [3.63, 3.8) is 0 Å². The summed E-state index contributed by atoms with van der Waals surface area (Å²) in [5, 5.41) is 10.6. The van der Waals surface area contributed by atoms with E-state index in [1.54, 1.807) is 24.7 Å². The minimum atomic E-state index is -0.262. The fourth-order valence-corrected chi connectivity index (χ4v) is 4.61. The number of halogens is 1. The predicted molar refractivity (Wildman–Crippen MR) is 132 cm³/mol. The largest absolute Gasteiger partial charge is 0.382 e. The van der Waals surface area contributed by atoms with Gasteiger partial charge in [0.05, 0.1) is 27.3 Å². The van der Waals surface area contributed by atoms with Crippen LogP contribution in [-0.2, 0) is 0 Å². The van der Waals surface area contributed by atoms with E-state index in [1.165, 1.54) is 6.07 Å². The van der Waals surface area contributed by atoms with Crippen molar-refractivity contribution in [1.82, 2.24) is 35.1 Å². The Morgan fingerprint density at radius 1 is 0.971 bits per heavy atom. The number of anilines is 1. The lowest BCUT2D eigenvalue weighted by Crippen LogP contribution is -2.09. The van der Waals surface area contributed by atoms with Crippen molar-refractivity contribution in [2.75, 3.05) is 5.32 Å². The maximum Gasteiger partial charge on any atom is 0.177 e. The number of aromatic amines is 2. The molecule has 6 aromatic rings. The van der Waals surface area contributed by atoms with Crippen LogP contribution in [0, 0.1) is 5.13 Å². The number of rotatable bonds is 5. The third-order valence-electron chi connectivity index (χ3n) is 5.33. The van der Waals surface area contributed by atoms with Crippen molar-refractivity contribution in [3.05, 3.63) is 60.1 Å². The zero-order chi connectivity index (χ0) is 23.2. The molecule has 8 nitrogen and oxygen atoms in total. The van der Waals surface area contributed by atoms with E-state index in [-0.39, 0.29) is 5.13 Å². The van der Waals surface area contributed by atoms with Gasteiger partial charge in [-0.3, -0.25) is 15.1 Å². The highest BCUT2D eigenvalue weighted by Crippen LogP contribution is 2.33. The third kappa shape index (κ3) is 3.57. The molecule has 0 spiro atoms. The molecule has 0 aliphatic heterocycles. The van der Waals surface area contributed by atoms with E-state index in [4.69, 9.17) is 9.97 Å². The number of pyridine rings is 3. The van der Waals surface area contributed by atoms with Crippen LogP contribution in [-0.4, -0.2) is 41.2 Å². The highest BCUT2D eigenvalue weighted by Gasteiger charge is 2.18. The van der Waals surface area contributed by atoms with Gasteiger partial charge in [-0.25, -0.2) is 9.97 Å². The Hall–Kier alpha value is -4.18. The van der Waals surface area contributed by atoms with Gasteiger partial charge in [0.2, 0.25) is 0 Å². The average molecular weight is 471 g/mol. The first kappa shape index (κ1) is 20.4. The summed E-state index contributed by atoms with van der Waals surface area (Å²) in [5.41, 5.74) is 6.77. The smallest absolute Gasteiger partial charge is 0.177 e. The van der Waals surface area contributed by atoms with Crippen LogP contribution in [0.5, 0.6) is 0 Å². The van der Waals surface area contributed by atoms with Crippen LogP contribution >= 0.6 is 11.3 Å². The summed E-state index contributed by atoms with van der Waals surface area (Å²) < 4.78 is 13.6. The second kappa shape index (κ2) is 7.99. The molecule has 0 bridgehead atoms. The molecule has 6 heterocycles. The SMILES string of the molecule is CC(C)Nc1cncc(-c2ccc3[nH]nc(-c4nc5c(-c6ccc(F)s6)nccc5[nH]4)c3n2)c1. The van der Waals surface area contributed by atoms with Crippen molar-refractivity contribution in [2.24, 2.45) is 0 Å². The van der Waals surface area contributed by atoms with Crippen molar-refractivity contribution >= 4 is 39.1 Å². The normalized spacial score (nSPS) is 11.6. The molecule has 3 N–H and O–H groups in total. The summed E-state index contributed by atoms with van der Waals surface area (Å²) in [7, 11) is 0. The van der Waals surface area contributed by atoms with Gasteiger partial charge < -0.3 is 10.3 Å². The van der Waals surface area contributed by atoms with E-state index in [9.17, 15) is 4.39 Å². The Morgan fingerprint density at radius 2 is 1.85 bits per heavy atom. The van der Waals surface area contributed by atoms with Gasteiger partial charge in [0.15, 0.2) is 16.6 Å². The van der Waals surface area contributed by atoms with Crippen molar-refractivity contribution in [1.29, 1.82) is 0 Å². The average Bonchev–Trinajstić information content (AvgIpc) is 3.55. The molecule has 0 unspecified atom stereocenters. The molecule has 0 amide bonds. The molecule has 0 radical (unpaired) electrons. The topological polar surface area (TPSA) is 108 Å². The molecule has 0 aliphatic carbocycles. The number of H-pyrrole nitrogens is 2. The van der Waals surface area contributed by atoms with Gasteiger partial charge in [0.1, 0.15) is 16.7 Å². The fraction of sp³-hybridized carbons (Fsp3) is 0.125. The minimum absolute atomic E-state index is 0.262. The molecule has 10 heteroatoms. The van der Waals surface area contributed by atoms with Gasteiger partial charge in [-0.05, 0) is 50.2 Å². The lowest BCUT2D eigenvalue weighted by molar-refractivity contribution is 0.657. The van der Waals surface area contributed by atoms with Crippen LogP contribution in [0.15, 0.2) is 55.0 Å². The summed E-state index contributed by atoms with van der Waals surface area (Å²) >= 11 is 1.04. The highest BCUT2D eigenvalue weighted by atomic mass is 32.1. The van der Waals surface area contributed by atoms with Gasteiger partial charge in [-0.2, -0.15) is 9.49 Å². The number of imidazole rings is 1. The third-order valence-corrected chi connectivity index (χ3v) is 6.21. The highest BCUT2D eigenvalue weighted by molar-refractivity contribution is 7.13. The van der Waals surface area contributed by atoms with E-state index in [2.05, 4.69) is 44.3 Å². The van der Waals surface area contributed by atoms with Crippen LogP contribution in [0.1, 0.15) is 13.8 Å². The van der Waals surface area contributed by atoms with Gasteiger partial charge in [0, 0.05) is 30.2 Å². The maximum atomic E-state index is 13.6. The van der Waals surface area contributed by atoms with E-state index < -0.39 is 0 Å². The Labute approximate surface area is 197 Å². The van der Waals surface area contributed by atoms with E-state index in [0.717, 1.165) is 44.2 Å². The molecule has 0 atom stereocenters. The quantitative estimate of drug-likeness (QED) is 0.301. The van der Waals surface area contributed by atoms with Crippen LogP contribution in [0.3, 0.4) is 0 Å². The molecule has 0 aromatic carbocycles. The van der Waals surface area contributed by atoms with Gasteiger partial charge in [0.25, 0.3) is 0 Å². The van der Waals surface area contributed by atoms with Crippen molar-refractivity contribution < 1.29 is 4.39 Å². The van der Waals surface area contributed by atoms with Crippen LogP contribution < -0.4 is 5.32 Å². The summed E-state index contributed by atoms with van der Waals surface area (Å²) in [6.45, 7) is 4.16. The molecular weight excluding hydrogens is 451 g/mol. The zero-order valence-electron chi connectivity index (χ0n) is 18.3. The first-order valence-electron chi connectivity index (χ1n) is 10.7. The summed E-state index contributed by atoms with van der Waals surface area (Å²) in [5.74, 6) is 0.561. The van der Waals surface area contributed by atoms with Crippen molar-refractivity contribution in [2.45, 2.75) is 19.9 Å². The minimum Gasteiger partial charge on any atom is -0.382 e. The molecule has 6 aromatic heterocycles. The van der Waals surface area contributed by atoms with Crippen LogP contribution in [0.2, 0.25) is 0 Å². The van der Waals surface area contributed by atoms with E-state index in [1.807, 2.05) is 24.3 Å². The Balaban J connectivity index is 1.45. The second-order valence-electron chi connectivity index (χ2n) is 8.17. The molecule has 0 fully saturated rings. The lowest BCUT2D eigenvalue weighted by atomic mass is 10.1. The molecule has 34 heavy (non-hydrogen) atoms. The number of aromatic nitrogens is 7. The fourth-order valence-electron chi connectivity index (χ4n) is 3.89. The molecule has 0 saturated heterocycles. The first-order chi connectivity index (χ1) is 16.5. The molecule has 6 rings (SSSR count). The van der Waals surface area contributed by atoms with Crippen LogP contribution in [0.4, 0.5) is 10.1 Å². The van der Waals surface area contributed by atoms with Gasteiger partial charge in [-0.15, -0.1) is 11.3 Å².